The van der Waals surface area contributed by atoms with Crippen molar-refractivity contribution >= 4 is 16.7 Å². The normalized spacial score (nSPS) is 21.4. The summed E-state index contributed by atoms with van der Waals surface area (Å²) in [6.07, 6.45) is 2.28. The van der Waals surface area contributed by atoms with E-state index >= 15 is 0 Å². The van der Waals surface area contributed by atoms with Crippen LogP contribution in [0.2, 0.25) is 0 Å². The quantitative estimate of drug-likeness (QED) is 0.860. The number of rotatable bonds is 6. The Labute approximate surface area is 128 Å². The maximum Gasteiger partial charge on any atom is 0.238 e. The number of carbonyl (C=O) groups is 1. The SMILES string of the molecule is COc1cccc(C2NCC(=O)N2C(C)CCS(C)=O)c1. The number of nitrogens with zero attached hydrogens (tertiary/aromatic N) is 1. The van der Waals surface area contributed by atoms with Crippen LogP contribution in [0, 0.1) is 0 Å². The van der Waals surface area contributed by atoms with Crippen LogP contribution in [0.4, 0.5) is 0 Å². The van der Waals surface area contributed by atoms with Crippen LogP contribution in [0.1, 0.15) is 25.1 Å². The predicted molar refractivity (Wildman–Crippen MR) is 83.6 cm³/mol. The molecule has 5 nitrogen and oxygen atoms in total. The number of carbonyl (C=O) groups excluding carboxylic acids is 1. The molecule has 6 heteroatoms. The molecule has 1 fully saturated rings. The minimum absolute atomic E-state index is 0.0487. The topological polar surface area (TPSA) is 58.6 Å². The number of nitrogens with one attached hydrogen (secondary N) is 1. The molecule has 0 aliphatic carbocycles. The average Bonchev–Trinajstić information content (AvgIpc) is 2.86. The van der Waals surface area contributed by atoms with Gasteiger partial charge in [0, 0.05) is 28.9 Å². The number of hydrogen-bond donors (Lipinski definition) is 1. The lowest BCUT2D eigenvalue weighted by Gasteiger charge is -2.30. The van der Waals surface area contributed by atoms with Gasteiger partial charge in [-0.3, -0.25) is 14.3 Å². The number of hydrogen-bond acceptors (Lipinski definition) is 4. The molecule has 1 aliphatic heterocycles. The highest BCUT2D eigenvalue weighted by Gasteiger charge is 2.34. The van der Waals surface area contributed by atoms with E-state index in [9.17, 15) is 9.00 Å². The predicted octanol–water partition coefficient (Wildman–Crippen LogP) is 1.28. The third-order valence-corrected chi connectivity index (χ3v) is 4.53. The first kappa shape index (κ1) is 16.0. The first-order valence-electron chi connectivity index (χ1n) is 7.01. The van der Waals surface area contributed by atoms with Gasteiger partial charge in [-0.1, -0.05) is 12.1 Å². The fraction of sp³-hybridized carbons (Fsp3) is 0.533. The summed E-state index contributed by atoms with van der Waals surface area (Å²) < 4.78 is 16.5. The van der Waals surface area contributed by atoms with Gasteiger partial charge in [0.25, 0.3) is 0 Å². The standard InChI is InChI=1S/C15H22N2O3S/c1-11(7-8-21(3)19)17-14(18)10-16-15(17)12-5-4-6-13(9-12)20-2/h4-6,9,11,15-16H,7-8,10H2,1-3H3. The summed E-state index contributed by atoms with van der Waals surface area (Å²) in [6, 6.07) is 7.77. The summed E-state index contributed by atoms with van der Waals surface area (Å²) in [5, 5.41) is 3.24. The fourth-order valence-electron chi connectivity index (χ4n) is 2.58. The number of ether oxygens (including phenoxy) is 1. The van der Waals surface area contributed by atoms with Gasteiger partial charge in [-0.15, -0.1) is 0 Å². The number of benzene rings is 1. The molecule has 1 heterocycles. The first-order valence-corrected chi connectivity index (χ1v) is 8.74. The fourth-order valence-corrected chi connectivity index (χ4v) is 3.26. The Morgan fingerprint density at radius 2 is 2.29 bits per heavy atom. The summed E-state index contributed by atoms with van der Waals surface area (Å²) >= 11 is 0. The van der Waals surface area contributed by atoms with Crippen LogP contribution in [0.15, 0.2) is 24.3 Å². The summed E-state index contributed by atoms with van der Waals surface area (Å²) in [5.41, 5.74) is 1.00. The molecule has 21 heavy (non-hydrogen) atoms. The van der Waals surface area contributed by atoms with Crippen LogP contribution in [0.3, 0.4) is 0 Å². The van der Waals surface area contributed by atoms with Gasteiger partial charge in [0.1, 0.15) is 11.9 Å². The molecule has 1 N–H and O–H groups in total. The van der Waals surface area contributed by atoms with Crippen LogP contribution >= 0.6 is 0 Å². The highest BCUT2D eigenvalue weighted by molar-refractivity contribution is 7.84. The molecule has 1 aromatic carbocycles. The van der Waals surface area contributed by atoms with Crippen molar-refractivity contribution < 1.29 is 13.7 Å². The largest absolute Gasteiger partial charge is 0.497 e. The summed E-state index contributed by atoms with van der Waals surface area (Å²) in [7, 11) is 0.792. The molecule has 0 saturated carbocycles. The van der Waals surface area contributed by atoms with Gasteiger partial charge < -0.3 is 9.64 Å². The highest BCUT2D eigenvalue weighted by Crippen LogP contribution is 2.28. The van der Waals surface area contributed by atoms with E-state index in [0.717, 1.165) is 17.7 Å². The Hall–Kier alpha value is -1.40. The molecule has 1 saturated heterocycles. The van der Waals surface area contributed by atoms with Crippen molar-refractivity contribution in [2.45, 2.75) is 25.6 Å². The zero-order chi connectivity index (χ0) is 15.4. The molecule has 2 rings (SSSR count). The van der Waals surface area contributed by atoms with Crippen LogP contribution in [0.5, 0.6) is 5.75 Å². The van der Waals surface area contributed by atoms with Crippen LogP contribution < -0.4 is 10.1 Å². The summed E-state index contributed by atoms with van der Waals surface area (Å²) in [6.45, 7) is 2.34. The van der Waals surface area contributed by atoms with Gasteiger partial charge in [-0.25, -0.2) is 0 Å². The third-order valence-electron chi connectivity index (χ3n) is 3.72. The summed E-state index contributed by atoms with van der Waals surface area (Å²) in [4.78, 5) is 14.0. The monoisotopic (exact) mass is 310 g/mol. The molecule has 0 aromatic heterocycles. The molecular formula is C15H22N2O3S. The molecule has 1 aromatic rings. The Balaban J connectivity index is 2.17. The van der Waals surface area contributed by atoms with Crippen LogP contribution in [0.25, 0.3) is 0 Å². The maximum atomic E-state index is 12.2. The van der Waals surface area contributed by atoms with Crippen molar-refractivity contribution in [2.24, 2.45) is 0 Å². The van der Waals surface area contributed by atoms with Crippen LogP contribution in [-0.2, 0) is 15.6 Å². The Bertz CT molecular complexity index is 535. The van der Waals surface area contributed by atoms with Crippen molar-refractivity contribution in [1.82, 2.24) is 10.2 Å². The van der Waals surface area contributed by atoms with E-state index in [2.05, 4.69) is 5.32 Å². The second-order valence-corrected chi connectivity index (χ2v) is 6.83. The lowest BCUT2D eigenvalue weighted by atomic mass is 10.1. The zero-order valence-electron chi connectivity index (χ0n) is 12.7. The second kappa shape index (κ2) is 7.04. The highest BCUT2D eigenvalue weighted by atomic mass is 32.2. The Morgan fingerprint density at radius 1 is 1.52 bits per heavy atom. The van der Waals surface area contributed by atoms with Crippen molar-refractivity contribution in [3.63, 3.8) is 0 Å². The molecule has 3 unspecified atom stereocenters. The third kappa shape index (κ3) is 3.83. The molecule has 3 atom stereocenters. The molecule has 0 spiro atoms. The Morgan fingerprint density at radius 3 is 2.95 bits per heavy atom. The zero-order valence-corrected chi connectivity index (χ0v) is 13.5. The van der Waals surface area contributed by atoms with E-state index in [1.54, 1.807) is 13.4 Å². The van der Waals surface area contributed by atoms with Crippen molar-refractivity contribution in [2.75, 3.05) is 25.7 Å². The minimum atomic E-state index is -0.837. The number of amides is 1. The van der Waals surface area contributed by atoms with Gasteiger partial charge in [0.05, 0.1) is 13.7 Å². The van der Waals surface area contributed by atoms with Gasteiger partial charge in [0.15, 0.2) is 0 Å². The second-order valence-electron chi connectivity index (χ2n) is 5.28. The molecule has 1 aliphatic rings. The van der Waals surface area contributed by atoms with Gasteiger partial charge in [-0.05, 0) is 31.0 Å². The van der Waals surface area contributed by atoms with E-state index in [-0.39, 0.29) is 18.1 Å². The van der Waals surface area contributed by atoms with Crippen molar-refractivity contribution in [3.05, 3.63) is 29.8 Å². The first-order chi connectivity index (χ1) is 10.0. The Kier molecular flexibility index (Phi) is 5.36. The smallest absolute Gasteiger partial charge is 0.238 e. The van der Waals surface area contributed by atoms with Crippen LogP contribution in [-0.4, -0.2) is 46.7 Å². The van der Waals surface area contributed by atoms with E-state index < -0.39 is 10.8 Å². The molecular weight excluding hydrogens is 288 g/mol. The maximum absolute atomic E-state index is 12.2. The molecule has 1 amide bonds. The van der Waals surface area contributed by atoms with Gasteiger partial charge >= 0.3 is 0 Å². The van der Waals surface area contributed by atoms with E-state index in [0.29, 0.717) is 12.3 Å². The molecule has 116 valence electrons. The lowest BCUT2D eigenvalue weighted by Crippen LogP contribution is -2.38. The van der Waals surface area contributed by atoms with E-state index in [1.807, 2.05) is 36.1 Å². The lowest BCUT2D eigenvalue weighted by molar-refractivity contribution is -0.130. The molecule has 0 bridgehead atoms. The minimum Gasteiger partial charge on any atom is -0.497 e. The van der Waals surface area contributed by atoms with Gasteiger partial charge in [-0.2, -0.15) is 0 Å². The number of methoxy groups -OCH3 is 1. The van der Waals surface area contributed by atoms with Crippen molar-refractivity contribution in [3.8, 4) is 5.75 Å². The summed E-state index contributed by atoms with van der Waals surface area (Å²) in [5.74, 6) is 1.46. The average molecular weight is 310 g/mol. The van der Waals surface area contributed by atoms with Gasteiger partial charge in [0.2, 0.25) is 5.91 Å². The molecule has 0 radical (unpaired) electrons. The van der Waals surface area contributed by atoms with E-state index in [1.165, 1.54) is 0 Å². The van der Waals surface area contributed by atoms with Crippen molar-refractivity contribution in [1.29, 1.82) is 0 Å². The van der Waals surface area contributed by atoms with E-state index in [4.69, 9.17) is 4.74 Å².